The minimum atomic E-state index is -0.277. The van der Waals surface area contributed by atoms with Gasteiger partial charge in [0.25, 0.3) is 0 Å². The molecule has 98 valence electrons. The van der Waals surface area contributed by atoms with Crippen molar-refractivity contribution >= 4 is 40.1 Å². The number of hydrogen-bond donors (Lipinski definition) is 2. The summed E-state index contributed by atoms with van der Waals surface area (Å²) in [7, 11) is 0. The molecule has 0 saturated carbocycles. The topological polar surface area (TPSA) is 77.1 Å². The number of amides is 1. The highest BCUT2D eigenvalue weighted by Crippen LogP contribution is 2.10. The number of hydrogen-bond acceptors (Lipinski definition) is 4. The third-order valence-electron chi connectivity index (χ3n) is 2.39. The van der Waals surface area contributed by atoms with Gasteiger partial charge in [-0.25, -0.2) is 0 Å². The summed E-state index contributed by atoms with van der Waals surface area (Å²) in [5.74, 6) is -0.277. The van der Waals surface area contributed by atoms with Crippen LogP contribution in [-0.2, 0) is 11.3 Å². The van der Waals surface area contributed by atoms with Gasteiger partial charge in [-0.05, 0) is 12.1 Å². The highest BCUT2D eigenvalue weighted by Gasteiger charge is 2.06. The smallest absolute Gasteiger partial charge is 0.307 e. The summed E-state index contributed by atoms with van der Waals surface area (Å²) in [6.45, 7) is -0.0143. The van der Waals surface area contributed by atoms with E-state index in [4.69, 9.17) is 18.0 Å². The maximum atomic E-state index is 11.8. The Kier molecular flexibility index (Phi) is 4.08. The Labute approximate surface area is 118 Å². The highest BCUT2D eigenvalue weighted by molar-refractivity contribution is 7.80. The van der Waals surface area contributed by atoms with E-state index >= 15 is 0 Å². The molecule has 1 aromatic heterocycles. The molecule has 0 radical (unpaired) electrons. The molecular formula is C12H11N3O2S2. The van der Waals surface area contributed by atoms with E-state index in [1.165, 1.54) is 4.57 Å². The molecule has 1 heterocycles. The van der Waals surface area contributed by atoms with Gasteiger partial charge < -0.3 is 11.1 Å². The fourth-order valence-corrected chi connectivity index (χ4v) is 2.23. The maximum absolute atomic E-state index is 11.8. The van der Waals surface area contributed by atoms with Gasteiger partial charge in [-0.15, -0.1) is 0 Å². The van der Waals surface area contributed by atoms with E-state index in [2.05, 4.69) is 5.32 Å². The van der Waals surface area contributed by atoms with Crippen LogP contribution in [-0.4, -0.2) is 15.5 Å². The molecule has 2 rings (SSSR count). The molecule has 5 nitrogen and oxygen atoms in total. The Hall–Kier alpha value is -1.99. The largest absolute Gasteiger partial charge is 0.389 e. The van der Waals surface area contributed by atoms with Crippen LogP contribution < -0.4 is 15.9 Å². The van der Waals surface area contributed by atoms with Crippen LogP contribution in [0.3, 0.4) is 0 Å². The number of anilines is 1. The fourth-order valence-electron chi connectivity index (χ4n) is 1.51. The average Bonchev–Trinajstić information content (AvgIpc) is 2.75. The number of thiocarbonyl (C=S) groups is 1. The van der Waals surface area contributed by atoms with Crippen LogP contribution in [0.15, 0.2) is 40.6 Å². The minimum Gasteiger partial charge on any atom is -0.389 e. The monoisotopic (exact) mass is 293 g/mol. The summed E-state index contributed by atoms with van der Waals surface area (Å²) in [6.07, 6.45) is 1.58. The number of rotatable bonds is 4. The quantitative estimate of drug-likeness (QED) is 0.830. The van der Waals surface area contributed by atoms with E-state index in [-0.39, 0.29) is 22.3 Å². The molecule has 1 aromatic carbocycles. The summed E-state index contributed by atoms with van der Waals surface area (Å²) < 4.78 is 1.34. The molecule has 0 saturated heterocycles. The van der Waals surface area contributed by atoms with Gasteiger partial charge in [-0.2, -0.15) is 0 Å². The van der Waals surface area contributed by atoms with Gasteiger partial charge in [0.2, 0.25) is 5.91 Å². The van der Waals surface area contributed by atoms with Gasteiger partial charge >= 0.3 is 4.87 Å². The second kappa shape index (κ2) is 5.77. The molecule has 19 heavy (non-hydrogen) atoms. The molecule has 0 atom stereocenters. The first kappa shape index (κ1) is 13.4. The van der Waals surface area contributed by atoms with Crippen molar-refractivity contribution in [3.63, 3.8) is 0 Å². The summed E-state index contributed by atoms with van der Waals surface area (Å²) in [6, 6.07) is 6.94. The van der Waals surface area contributed by atoms with Gasteiger partial charge in [0.15, 0.2) is 0 Å². The predicted molar refractivity (Wildman–Crippen MR) is 79.5 cm³/mol. The van der Waals surface area contributed by atoms with Crippen LogP contribution in [0.25, 0.3) is 0 Å². The lowest BCUT2D eigenvalue weighted by atomic mass is 10.2. The van der Waals surface area contributed by atoms with Gasteiger partial charge in [-0.1, -0.05) is 35.7 Å². The summed E-state index contributed by atoms with van der Waals surface area (Å²) in [5.41, 5.74) is 6.79. The van der Waals surface area contributed by atoms with E-state index in [0.717, 1.165) is 11.3 Å². The van der Waals surface area contributed by atoms with Crippen molar-refractivity contribution in [1.82, 2.24) is 4.57 Å². The molecule has 0 fully saturated rings. The lowest BCUT2D eigenvalue weighted by Crippen LogP contribution is -2.23. The standard InChI is InChI=1S/C12H11N3O2S2/c13-11(18)8-2-1-3-9(6-8)14-10(16)7-15-4-5-19-12(15)17/h1-6H,7H2,(H2,13,18)(H,14,16). The Morgan fingerprint density at radius 1 is 1.47 bits per heavy atom. The van der Waals surface area contributed by atoms with Crippen molar-refractivity contribution in [3.05, 3.63) is 51.1 Å². The van der Waals surface area contributed by atoms with Gasteiger partial charge in [0.05, 0.1) is 0 Å². The average molecular weight is 293 g/mol. The molecule has 0 bridgehead atoms. The third-order valence-corrected chi connectivity index (χ3v) is 3.32. The molecule has 0 aliphatic carbocycles. The number of benzene rings is 1. The molecule has 3 N–H and O–H groups in total. The Morgan fingerprint density at radius 3 is 2.89 bits per heavy atom. The van der Waals surface area contributed by atoms with Gasteiger partial charge in [0.1, 0.15) is 11.5 Å². The van der Waals surface area contributed by atoms with Crippen LogP contribution >= 0.6 is 23.6 Å². The lowest BCUT2D eigenvalue weighted by molar-refractivity contribution is -0.116. The first-order valence-electron chi connectivity index (χ1n) is 5.40. The Balaban J connectivity index is 2.07. The van der Waals surface area contributed by atoms with E-state index in [9.17, 15) is 9.59 Å². The molecule has 2 aromatic rings. The Morgan fingerprint density at radius 2 is 2.26 bits per heavy atom. The van der Waals surface area contributed by atoms with E-state index < -0.39 is 0 Å². The zero-order valence-corrected chi connectivity index (χ0v) is 11.5. The van der Waals surface area contributed by atoms with Crippen LogP contribution in [0.2, 0.25) is 0 Å². The first-order valence-corrected chi connectivity index (χ1v) is 6.69. The van der Waals surface area contributed by atoms with Gasteiger partial charge in [-0.3, -0.25) is 14.2 Å². The number of nitrogens with zero attached hydrogens (tertiary/aromatic N) is 1. The van der Waals surface area contributed by atoms with E-state index in [0.29, 0.717) is 11.3 Å². The molecule has 1 amide bonds. The normalized spacial score (nSPS) is 10.1. The van der Waals surface area contributed by atoms with E-state index in [1.54, 1.807) is 35.8 Å². The zero-order chi connectivity index (χ0) is 13.8. The molecule has 0 aliphatic heterocycles. The molecular weight excluding hydrogens is 282 g/mol. The summed E-state index contributed by atoms with van der Waals surface area (Å²) >= 11 is 5.92. The number of thiazole rings is 1. The van der Waals surface area contributed by atoms with E-state index in [1.807, 2.05) is 0 Å². The second-order valence-corrected chi connectivity index (χ2v) is 5.09. The van der Waals surface area contributed by atoms with Crippen molar-refractivity contribution in [2.75, 3.05) is 5.32 Å². The third kappa shape index (κ3) is 3.49. The summed E-state index contributed by atoms with van der Waals surface area (Å²) in [5, 5.41) is 4.34. The number of nitrogens with two attached hydrogens (primary N) is 1. The van der Waals surface area contributed by atoms with Crippen molar-refractivity contribution in [3.8, 4) is 0 Å². The fraction of sp³-hybridized carbons (Fsp3) is 0.0833. The molecule has 7 heteroatoms. The van der Waals surface area contributed by atoms with Crippen LogP contribution in [0, 0.1) is 0 Å². The highest BCUT2D eigenvalue weighted by atomic mass is 32.1. The number of carbonyl (C=O) groups is 1. The van der Waals surface area contributed by atoms with Crippen LogP contribution in [0.1, 0.15) is 5.56 Å². The van der Waals surface area contributed by atoms with Gasteiger partial charge in [0, 0.05) is 22.8 Å². The number of nitrogens with one attached hydrogen (secondary N) is 1. The summed E-state index contributed by atoms with van der Waals surface area (Å²) in [4.78, 5) is 23.2. The van der Waals surface area contributed by atoms with Crippen molar-refractivity contribution < 1.29 is 4.79 Å². The molecule has 0 spiro atoms. The van der Waals surface area contributed by atoms with Crippen molar-refractivity contribution in [2.45, 2.75) is 6.54 Å². The first-order chi connectivity index (χ1) is 9.06. The van der Waals surface area contributed by atoms with Crippen LogP contribution in [0.5, 0.6) is 0 Å². The van der Waals surface area contributed by atoms with Crippen LogP contribution in [0.4, 0.5) is 5.69 Å². The number of aromatic nitrogens is 1. The zero-order valence-electron chi connectivity index (χ0n) is 9.83. The lowest BCUT2D eigenvalue weighted by Gasteiger charge is -2.07. The second-order valence-electron chi connectivity index (χ2n) is 3.79. The predicted octanol–water partition coefficient (Wildman–Crippen LogP) is 1.18. The number of carbonyl (C=O) groups excluding carboxylic acids is 1. The molecule has 0 aliphatic rings. The SMILES string of the molecule is NC(=S)c1cccc(NC(=O)Cn2ccsc2=O)c1. The minimum absolute atomic E-state index is 0.0143. The van der Waals surface area contributed by atoms with Crippen molar-refractivity contribution in [2.24, 2.45) is 5.73 Å². The maximum Gasteiger partial charge on any atom is 0.307 e. The Bertz CT molecular complexity index is 675. The molecule has 0 unspecified atom stereocenters. The van der Waals surface area contributed by atoms with Crippen molar-refractivity contribution in [1.29, 1.82) is 0 Å².